The molecule has 1 saturated heterocycles. The third-order valence-corrected chi connectivity index (χ3v) is 4.10. The molecule has 2 aromatic heterocycles. The monoisotopic (exact) mass is 341 g/mol. The van der Waals surface area contributed by atoms with E-state index in [0.717, 1.165) is 0 Å². The van der Waals surface area contributed by atoms with Crippen molar-refractivity contribution in [3.8, 4) is 0 Å². The van der Waals surface area contributed by atoms with Crippen molar-refractivity contribution >= 4 is 11.4 Å². The molecule has 0 spiro atoms. The topological polar surface area (TPSA) is 61.7 Å². The van der Waals surface area contributed by atoms with Crippen LogP contribution in [0.4, 0.5) is 13.2 Å². The molecule has 1 aliphatic rings. The van der Waals surface area contributed by atoms with Crippen molar-refractivity contribution in [1.29, 1.82) is 0 Å². The van der Waals surface area contributed by atoms with E-state index in [1.807, 2.05) is 0 Å². The molecule has 1 unspecified atom stereocenters. The van der Waals surface area contributed by atoms with E-state index in [1.165, 1.54) is 15.6 Å². The highest BCUT2D eigenvalue weighted by Gasteiger charge is 2.43. The molecule has 0 radical (unpaired) electrons. The van der Waals surface area contributed by atoms with Crippen molar-refractivity contribution in [3.63, 3.8) is 0 Å². The Hall–Kier alpha value is -2.13. The molecule has 1 atom stereocenters. The lowest BCUT2D eigenvalue weighted by atomic mass is 10.2. The van der Waals surface area contributed by atoms with Crippen LogP contribution in [0.5, 0.6) is 0 Å². The molecular formula is C15H18F3N5O. The Bertz CT molecular complexity index is 708. The first kappa shape index (κ1) is 16.7. The van der Waals surface area contributed by atoms with E-state index in [-0.39, 0.29) is 5.56 Å². The Labute approximate surface area is 136 Å². The van der Waals surface area contributed by atoms with E-state index >= 15 is 0 Å². The predicted octanol–water partition coefficient (Wildman–Crippen LogP) is 0.900. The van der Waals surface area contributed by atoms with Gasteiger partial charge in [0.2, 0.25) is 0 Å². The van der Waals surface area contributed by atoms with Gasteiger partial charge < -0.3 is 10.6 Å². The number of pyridine rings is 1. The molecule has 0 aromatic carbocycles. The number of piperazine rings is 1. The molecular weight excluding hydrogens is 323 g/mol. The second-order valence-corrected chi connectivity index (χ2v) is 5.64. The summed E-state index contributed by atoms with van der Waals surface area (Å²) < 4.78 is 41.5. The summed E-state index contributed by atoms with van der Waals surface area (Å²) in [6, 6.07) is 3.50. The number of hydrogen-bond acceptors (Lipinski definition) is 4. The molecule has 3 rings (SSSR count). The van der Waals surface area contributed by atoms with Crippen LogP contribution in [0.15, 0.2) is 30.6 Å². The lowest BCUT2D eigenvalue weighted by Gasteiger charge is -2.35. The maximum atomic E-state index is 13.3. The predicted molar refractivity (Wildman–Crippen MR) is 81.8 cm³/mol. The van der Waals surface area contributed by atoms with Gasteiger partial charge in [0.05, 0.1) is 17.3 Å². The highest BCUT2D eigenvalue weighted by Crippen LogP contribution is 2.25. The summed E-state index contributed by atoms with van der Waals surface area (Å²) in [5.74, 6) is -0.555. The number of halogens is 3. The first-order chi connectivity index (χ1) is 11.5. The van der Waals surface area contributed by atoms with Gasteiger partial charge >= 0.3 is 6.18 Å². The Kier molecular flexibility index (Phi) is 4.72. The lowest BCUT2D eigenvalue weighted by molar-refractivity contribution is -0.183. The number of nitrogens with zero attached hydrogens (tertiary/aromatic N) is 3. The van der Waals surface area contributed by atoms with Gasteiger partial charge in [0.1, 0.15) is 6.04 Å². The summed E-state index contributed by atoms with van der Waals surface area (Å²) in [6.07, 6.45) is -1.37. The zero-order valence-electron chi connectivity index (χ0n) is 12.9. The average molecular weight is 341 g/mol. The van der Waals surface area contributed by atoms with E-state index in [4.69, 9.17) is 0 Å². The Morgan fingerprint density at radius 3 is 2.79 bits per heavy atom. The van der Waals surface area contributed by atoms with Crippen molar-refractivity contribution in [2.45, 2.75) is 12.2 Å². The Morgan fingerprint density at radius 2 is 2.08 bits per heavy atom. The van der Waals surface area contributed by atoms with Gasteiger partial charge in [0.15, 0.2) is 0 Å². The van der Waals surface area contributed by atoms with Crippen molar-refractivity contribution in [3.05, 3.63) is 36.2 Å². The van der Waals surface area contributed by atoms with Crippen LogP contribution in [0.25, 0.3) is 5.52 Å². The quantitative estimate of drug-likeness (QED) is 0.868. The van der Waals surface area contributed by atoms with Gasteiger partial charge in [0, 0.05) is 38.9 Å². The first-order valence-corrected chi connectivity index (χ1v) is 7.69. The minimum absolute atomic E-state index is 0.261. The Morgan fingerprint density at radius 1 is 1.33 bits per heavy atom. The highest BCUT2D eigenvalue weighted by molar-refractivity contribution is 6.00. The summed E-state index contributed by atoms with van der Waals surface area (Å²) in [5.41, 5.74) is 0.817. The zero-order chi connectivity index (χ0) is 17.2. The normalized spacial score (nSPS) is 17.8. The number of hydrogen-bond donors (Lipinski definition) is 2. The minimum atomic E-state index is -4.40. The molecule has 9 heteroatoms. The molecule has 2 N–H and O–H groups in total. The van der Waals surface area contributed by atoms with Crippen molar-refractivity contribution in [2.24, 2.45) is 0 Å². The number of amides is 1. The fraction of sp³-hybridized carbons (Fsp3) is 0.467. The first-order valence-electron chi connectivity index (χ1n) is 7.69. The number of nitrogens with one attached hydrogen (secondary N) is 2. The molecule has 0 saturated carbocycles. The van der Waals surface area contributed by atoms with Crippen LogP contribution in [0, 0.1) is 0 Å². The van der Waals surface area contributed by atoms with Gasteiger partial charge in [-0.3, -0.25) is 9.69 Å². The number of alkyl halides is 3. The van der Waals surface area contributed by atoms with E-state index < -0.39 is 24.7 Å². The van der Waals surface area contributed by atoms with Gasteiger partial charge in [-0.15, -0.1) is 0 Å². The zero-order valence-corrected chi connectivity index (χ0v) is 12.9. The molecule has 24 heavy (non-hydrogen) atoms. The van der Waals surface area contributed by atoms with Gasteiger partial charge in [-0.05, 0) is 12.1 Å². The smallest absolute Gasteiger partial charge is 0.350 e. The second kappa shape index (κ2) is 6.78. The third-order valence-electron chi connectivity index (χ3n) is 4.10. The standard InChI is InChI=1S/C15H18F3N5O/c16-15(17,18)13(22-7-4-19-5-8-22)10-20-14(24)11-9-21-23-6-2-1-3-12(11)23/h1-3,6,9,13,19H,4-5,7-8,10H2,(H,20,24). The number of aromatic nitrogens is 2. The summed E-state index contributed by atoms with van der Waals surface area (Å²) in [4.78, 5) is 13.6. The summed E-state index contributed by atoms with van der Waals surface area (Å²) in [6.45, 7) is 1.14. The molecule has 0 bridgehead atoms. The van der Waals surface area contributed by atoms with E-state index in [0.29, 0.717) is 31.7 Å². The lowest BCUT2D eigenvalue weighted by Crippen LogP contribution is -2.57. The fourth-order valence-electron chi connectivity index (χ4n) is 2.84. The molecule has 130 valence electrons. The molecule has 1 amide bonds. The molecule has 2 aromatic rings. The number of carbonyl (C=O) groups excluding carboxylic acids is 1. The minimum Gasteiger partial charge on any atom is -0.350 e. The van der Waals surface area contributed by atoms with Gasteiger partial charge in [-0.25, -0.2) is 4.52 Å². The maximum Gasteiger partial charge on any atom is 0.405 e. The van der Waals surface area contributed by atoms with Gasteiger partial charge in [-0.2, -0.15) is 18.3 Å². The third kappa shape index (κ3) is 3.51. The van der Waals surface area contributed by atoms with E-state index in [1.54, 1.807) is 24.4 Å². The number of rotatable bonds is 4. The van der Waals surface area contributed by atoms with Crippen molar-refractivity contribution in [1.82, 2.24) is 25.1 Å². The van der Waals surface area contributed by atoms with E-state index in [2.05, 4.69) is 15.7 Å². The SMILES string of the molecule is O=C(NCC(N1CCNCC1)C(F)(F)F)c1cnn2ccccc12. The summed E-state index contributed by atoms with van der Waals surface area (Å²) >= 11 is 0. The van der Waals surface area contributed by atoms with Crippen LogP contribution in [0.3, 0.4) is 0 Å². The molecule has 0 aliphatic carbocycles. The average Bonchev–Trinajstić information content (AvgIpc) is 2.99. The van der Waals surface area contributed by atoms with Gasteiger partial charge in [-0.1, -0.05) is 6.07 Å². The van der Waals surface area contributed by atoms with Crippen LogP contribution in [0.1, 0.15) is 10.4 Å². The van der Waals surface area contributed by atoms with Crippen LogP contribution in [0.2, 0.25) is 0 Å². The Balaban J connectivity index is 1.70. The van der Waals surface area contributed by atoms with E-state index in [9.17, 15) is 18.0 Å². The van der Waals surface area contributed by atoms with Crippen LogP contribution < -0.4 is 10.6 Å². The van der Waals surface area contributed by atoms with Crippen LogP contribution in [-0.2, 0) is 0 Å². The number of carbonyl (C=O) groups is 1. The van der Waals surface area contributed by atoms with Gasteiger partial charge in [0.25, 0.3) is 5.91 Å². The summed E-state index contributed by atoms with van der Waals surface area (Å²) in [5, 5.41) is 9.45. The maximum absolute atomic E-state index is 13.3. The molecule has 6 nitrogen and oxygen atoms in total. The summed E-state index contributed by atoms with van der Waals surface area (Å²) in [7, 11) is 0. The molecule has 1 fully saturated rings. The number of fused-ring (bicyclic) bond motifs is 1. The molecule has 3 heterocycles. The van der Waals surface area contributed by atoms with Crippen LogP contribution in [-0.4, -0.2) is 65.4 Å². The fourth-order valence-corrected chi connectivity index (χ4v) is 2.84. The van der Waals surface area contributed by atoms with Crippen molar-refractivity contribution in [2.75, 3.05) is 32.7 Å². The van der Waals surface area contributed by atoms with Crippen LogP contribution >= 0.6 is 0 Å². The van der Waals surface area contributed by atoms with Crippen molar-refractivity contribution < 1.29 is 18.0 Å². The second-order valence-electron chi connectivity index (χ2n) is 5.64. The largest absolute Gasteiger partial charge is 0.405 e. The molecule has 1 aliphatic heterocycles. The highest BCUT2D eigenvalue weighted by atomic mass is 19.4.